The predicted octanol–water partition coefficient (Wildman–Crippen LogP) is 2.47. The monoisotopic (exact) mass is 273 g/mol. The summed E-state index contributed by atoms with van der Waals surface area (Å²) in [5, 5.41) is 22.1. The standard InChI is InChI=1S/C14H15N3OS/c1-2-7-19-13-11(9-16)14(5-3-4-6-14)10(8-15)12(18)17-13/h2,10H,1,3-7H2,(H,17,18)/t10-/m1/s1. The van der Waals surface area contributed by atoms with Gasteiger partial charge >= 0.3 is 0 Å². The summed E-state index contributed by atoms with van der Waals surface area (Å²) in [5.41, 5.74) is 0.0259. The Balaban J connectivity index is 2.50. The molecule has 2 rings (SSSR count). The molecule has 1 N–H and O–H groups in total. The number of rotatable bonds is 3. The maximum atomic E-state index is 12.1. The average molecular weight is 273 g/mol. The van der Waals surface area contributed by atoms with Gasteiger partial charge in [-0.15, -0.1) is 18.3 Å². The van der Waals surface area contributed by atoms with E-state index in [1.165, 1.54) is 11.8 Å². The summed E-state index contributed by atoms with van der Waals surface area (Å²) in [4.78, 5) is 12.1. The Morgan fingerprint density at radius 3 is 2.68 bits per heavy atom. The number of carbonyl (C=O) groups is 1. The molecule has 19 heavy (non-hydrogen) atoms. The number of thioether (sulfide) groups is 1. The van der Waals surface area contributed by atoms with Gasteiger partial charge in [0.2, 0.25) is 5.91 Å². The van der Waals surface area contributed by atoms with Crippen molar-refractivity contribution in [3.8, 4) is 12.1 Å². The third-order valence-electron chi connectivity index (χ3n) is 3.86. The Morgan fingerprint density at radius 1 is 1.47 bits per heavy atom. The molecular weight excluding hydrogens is 258 g/mol. The van der Waals surface area contributed by atoms with Gasteiger partial charge in [-0.2, -0.15) is 10.5 Å². The minimum Gasteiger partial charge on any atom is -0.319 e. The first-order valence-corrected chi connectivity index (χ1v) is 7.27. The van der Waals surface area contributed by atoms with E-state index in [0.717, 1.165) is 25.7 Å². The Labute approximate surface area is 117 Å². The summed E-state index contributed by atoms with van der Waals surface area (Å²) in [6.45, 7) is 3.64. The van der Waals surface area contributed by atoms with Crippen molar-refractivity contribution in [2.45, 2.75) is 25.7 Å². The van der Waals surface area contributed by atoms with Crippen molar-refractivity contribution in [3.63, 3.8) is 0 Å². The molecule has 5 heteroatoms. The first-order valence-electron chi connectivity index (χ1n) is 6.28. The molecule has 1 saturated carbocycles. The molecule has 0 saturated heterocycles. The van der Waals surface area contributed by atoms with Gasteiger partial charge in [-0.1, -0.05) is 18.9 Å². The Hall–Kier alpha value is -1.72. The Morgan fingerprint density at radius 2 is 2.16 bits per heavy atom. The normalized spacial score (nSPS) is 24.7. The van der Waals surface area contributed by atoms with E-state index in [0.29, 0.717) is 16.4 Å². The Kier molecular flexibility index (Phi) is 3.97. The van der Waals surface area contributed by atoms with Gasteiger partial charge in [-0.3, -0.25) is 4.79 Å². The van der Waals surface area contributed by atoms with Crippen molar-refractivity contribution in [2.75, 3.05) is 5.75 Å². The van der Waals surface area contributed by atoms with Gasteiger partial charge in [0.25, 0.3) is 0 Å². The fourth-order valence-electron chi connectivity index (χ4n) is 3.01. The summed E-state index contributed by atoms with van der Waals surface area (Å²) in [6, 6.07) is 4.34. The van der Waals surface area contributed by atoms with Crippen LogP contribution in [0.2, 0.25) is 0 Å². The van der Waals surface area contributed by atoms with E-state index >= 15 is 0 Å². The molecule has 0 bridgehead atoms. The molecule has 1 aliphatic carbocycles. The van der Waals surface area contributed by atoms with Gasteiger partial charge in [0.1, 0.15) is 5.92 Å². The van der Waals surface area contributed by atoms with Crippen LogP contribution in [-0.4, -0.2) is 11.7 Å². The zero-order chi connectivity index (χ0) is 13.9. The summed E-state index contributed by atoms with van der Waals surface area (Å²) >= 11 is 1.40. The summed E-state index contributed by atoms with van der Waals surface area (Å²) in [5.74, 6) is -0.374. The summed E-state index contributed by atoms with van der Waals surface area (Å²) in [6.07, 6.45) is 5.17. The highest BCUT2D eigenvalue weighted by Crippen LogP contribution is 2.53. The van der Waals surface area contributed by atoms with Gasteiger partial charge < -0.3 is 5.32 Å². The molecule has 4 nitrogen and oxygen atoms in total. The van der Waals surface area contributed by atoms with E-state index in [1.54, 1.807) is 6.08 Å². The minimum atomic E-state index is -0.738. The van der Waals surface area contributed by atoms with E-state index in [4.69, 9.17) is 0 Å². The van der Waals surface area contributed by atoms with Crippen LogP contribution in [0.1, 0.15) is 25.7 Å². The molecule has 1 amide bonds. The average Bonchev–Trinajstić information content (AvgIpc) is 2.86. The zero-order valence-corrected chi connectivity index (χ0v) is 11.4. The molecular formula is C14H15N3OS. The van der Waals surface area contributed by atoms with Gasteiger partial charge in [0.15, 0.2) is 0 Å². The number of nitrogens with zero attached hydrogens (tertiary/aromatic N) is 2. The van der Waals surface area contributed by atoms with Crippen LogP contribution < -0.4 is 5.32 Å². The van der Waals surface area contributed by atoms with Crippen LogP contribution in [0.3, 0.4) is 0 Å². The second-order valence-electron chi connectivity index (χ2n) is 4.83. The van der Waals surface area contributed by atoms with E-state index in [9.17, 15) is 15.3 Å². The number of hydrogen-bond donors (Lipinski definition) is 1. The number of hydrogen-bond acceptors (Lipinski definition) is 4. The third-order valence-corrected chi connectivity index (χ3v) is 4.86. The first kappa shape index (κ1) is 13.7. The van der Waals surface area contributed by atoms with E-state index in [1.807, 2.05) is 0 Å². The zero-order valence-electron chi connectivity index (χ0n) is 10.6. The topological polar surface area (TPSA) is 76.7 Å². The number of carbonyl (C=O) groups excluding carboxylic acids is 1. The Bertz CT molecular complexity index is 518. The largest absolute Gasteiger partial charge is 0.319 e. The highest BCUT2D eigenvalue weighted by molar-refractivity contribution is 8.03. The molecule has 1 atom stereocenters. The lowest BCUT2D eigenvalue weighted by molar-refractivity contribution is -0.126. The SMILES string of the molecule is C=CCSC1=C(C#N)C2(CCCC2)[C@H](C#N)C(=O)N1. The molecule has 2 aliphatic rings. The summed E-state index contributed by atoms with van der Waals surface area (Å²) in [7, 11) is 0. The second-order valence-corrected chi connectivity index (χ2v) is 5.86. The lowest BCUT2D eigenvalue weighted by Crippen LogP contribution is -2.46. The fraction of sp³-hybridized carbons (Fsp3) is 0.500. The number of nitrogens with one attached hydrogen (secondary N) is 1. The number of amides is 1. The molecule has 1 heterocycles. The lowest BCUT2D eigenvalue weighted by Gasteiger charge is -2.37. The highest BCUT2D eigenvalue weighted by atomic mass is 32.2. The summed E-state index contributed by atoms with van der Waals surface area (Å²) < 4.78 is 0. The van der Waals surface area contributed by atoms with Gasteiger partial charge in [0, 0.05) is 11.2 Å². The van der Waals surface area contributed by atoms with Gasteiger partial charge in [-0.05, 0) is 12.8 Å². The molecule has 0 aromatic heterocycles. The van der Waals surface area contributed by atoms with Crippen LogP contribution in [0.5, 0.6) is 0 Å². The van der Waals surface area contributed by atoms with Gasteiger partial charge in [-0.25, -0.2) is 0 Å². The van der Waals surface area contributed by atoms with Crippen molar-refractivity contribution in [1.82, 2.24) is 5.32 Å². The van der Waals surface area contributed by atoms with Crippen molar-refractivity contribution in [1.29, 1.82) is 10.5 Å². The smallest absolute Gasteiger partial charge is 0.243 e. The van der Waals surface area contributed by atoms with Crippen LogP contribution in [0.25, 0.3) is 0 Å². The molecule has 0 aromatic rings. The highest BCUT2D eigenvalue weighted by Gasteiger charge is 2.52. The molecule has 1 fully saturated rings. The number of nitriles is 2. The molecule has 0 aromatic carbocycles. The van der Waals surface area contributed by atoms with E-state index in [2.05, 4.69) is 24.0 Å². The van der Waals surface area contributed by atoms with Crippen LogP contribution in [0.4, 0.5) is 0 Å². The quantitative estimate of drug-likeness (QED) is 0.801. The third kappa shape index (κ3) is 2.15. The van der Waals surface area contributed by atoms with Crippen molar-refractivity contribution < 1.29 is 4.79 Å². The van der Waals surface area contributed by atoms with E-state index < -0.39 is 11.3 Å². The molecule has 1 aliphatic heterocycles. The van der Waals surface area contributed by atoms with Crippen molar-refractivity contribution in [2.24, 2.45) is 11.3 Å². The maximum Gasteiger partial charge on any atom is 0.243 e. The lowest BCUT2D eigenvalue weighted by atomic mass is 9.67. The minimum absolute atomic E-state index is 0.269. The first-order chi connectivity index (χ1) is 9.19. The molecule has 98 valence electrons. The molecule has 0 unspecified atom stereocenters. The van der Waals surface area contributed by atoms with Crippen LogP contribution in [0, 0.1) is 34.0 Å². The fourth-order valence-corrected chi connectivity index (χ4v) is 3.86. The molecule has 1 spiro atoms. The van der Waals surface area contributed by atoms with Crippen LogP contribution in [0.15, 0.2) is 23.3 Å². The van der Waals surface area contributed by atoms with Gasteiger partial charge in [0.05, 0.1) is 22.7 Å². The maximum absolute atomic E-state index is 12.1. The number of allylic oxidation sites excluding steroid dienone is 1. The second kappa shape index (κ2) is 5.50. The van der Waals surface area contributed by atoms with Crippen molar-refractivity contribution >= 4 is 17.7 Å². The molecule has 0 radical (unpaired) electrons. The predicted molar refractivity (Wildman–Crippen MR) is 73.4 cm³/mol. The van der Waals surface area contributed by atoms with Crippen molar-refractivity contribution in [3.05, 3.63) is 23.3 Å². The van der Waals surface area contributed by atoms with Crippen LogP contribution in [-0.2, 0) is 4.79 Å². The van der Waals surface area contributed by atoms with E-state index in [-0.39, 0.29) is 5.91 Å². The van der Waals surface area contributed by atoms with Crippen LogP contribution >= 0.6 is 11.8 Å².